The van der Waals surface area contributed by atoms with Crippen molar-refractivity contribution < 1.29 is 14.5 Å². The van der Waals surface area contributed by atoms with E-state index in [0.29, 0.717) is 0 Å². The van der Waals surface area contributed by atoms with Gasteiger partial charge in [0.15, 0.2) is 5.78 Å². The zero-order chi connectivity index (χ0) is 21.4. The van der Waals surface area contributed by atoms with Crippen LogP contribution < -0.4 is 4.74 Å². The second kappa shape index (κ2) is 7.74. The van der Waals surface area contributed by atoms with Crippen LogP contribution in [0.25, 0.3) is 0 Å². The van der Waals surface area contributed by atoms with Gasteiger partial charge in [-0.05, 0) is 56.0 Å². The highest BCUT2D eigenvalue weighted by Crippen LogP contribution is 2.45. The van der Waals surface area contributed by atoms with Gasteiger partial charge in [-0.3, -0.25) is 19.9 Å². The standard InChI is InChI=1S/C23H23N3O4/c1-14(11-15(2)27)25-23(17-5-4-6-18(12-17)26(28)29)21-9-7-16-13-19(30-3)8-10-20(16)22(21)24-25/h4-6,8,10-13,21,23H,7,9H2,1-3H3/t21-,23+/m0/s1. The zero-order valence-electron chi connectivity index (χ0n) is 17.2. The molecule has 0 unspecified atom stereocenters. The molecule has 1 heterocycles. The van der Waals surface area contributed by atoms with Gasteiger partial charge in [0.1, 0.15) is 5.75 Å². The van der Waals surface area contributed by atoms with E-state index in [1.165, 1.54) is 18.6 Å². The first-order valence-electron chi connectivity index (χ1n) is 9.87. The Morgan fingerprint density at radius 2 is 2.07 bits per heavy atom. The summed E-state index contributed by atoms with van der Waals surface area (Å²) in [5.41, 5.74) is 4.79. The van der Waals surface area contributed by atoms with E-state index in [1.807, 2.05) is 36.2 Å². The minimum Gasteiger partial charge on any atom is -0.497 e. The fraction of sp³-hybridized carbons (Fsp3) is 0.304. The molecule has 2 aromatic rings. The number of nitrogens with zero attached hydrogens (tertiary/aromatic N) is 3. The van der Waals surface area contributed by atoms with Gasteiger partial charge in [-0.25, -0.2) is 0 Å². The number of aryl methyl sites for hydroxylation is 1. The maximum absolute atomic E-state index is 11.7. The molecule has 0 aromatic heterocycles. The third-order valence-electron chi connectivity index (χ3n) is 5.72. The Morgan fingerprint density at radius 3 is 2.77 bits per heavy atom. The maximum Gasteiger partial charge on any atom is 0.269 e. The number of hydrazone groups is 1. The largest absolute Gasteiger partial charge is 0.497 e. The van der Waals surface area contributed by atoms with Crippen molar-refractivity contribution in [1.29, 1.82) is 0 Å². The molecule has 0 fully saturated rings. The van der Waals surface area contributed by atoms with Gasteiger partial charge in [-0.15, -0.1) is 0 Å². The van der Waals surface area contributed by atoms with Gasteiger partial charge in [0, 0.05) is 35.4 Å². The monoisotopic (exact) mass is 405 g/mol. The number of carbonyl (C=O) groups excluding carboxylic acids is 1. The molecule has 4 rings (SSSR count). The molecule has 0 amide bonds. The Hall–Kier alpha value is -3.48. The number of benzene rings is 2. The number of nitro benzene ring substituents is 1. The molecule has 0 spiro atoms. The number of non-ortho nitro benzene ring substituents is 1. The number of rotatable bonds is 5. The van der Waals surface area contributed by atoms with Gasteiger partial charge in [0.25, 0.3) is 5.69 Å². The molecule has 30 heavy (non-hydrogen) atoms. The van der Waals surface area contributed by atoms with Gasteiger partial charge >= 0.3 is 0 Å². The van der Waals surface area contributed by atoms with Crippen molar-refractivity contribution in [2.24, 2.45) is 11.0 Å². The minimum absolute atomic E-state index is 0.0510. The van der Waals surface area contributed by atoms with Gasteiger partial charge in [-0.1, -0.05) is 12.1 Å². The first kappa shape index (κ1) is 19.8. The van der Waals surface area contributed by atoms with E-state index in [2.05, 4.69) is 0 Å². The molecule has 0 saturated heterocycles. The molecule has 0 N–H and O–H groups in total. The highest BCUT2D eigenvalue weighted by Gasteiger charge is 2.42. The Kier molecular flexibility index (Phi) is 5.11. The summed E-state index contributed by atoms with van der Waals surface area (Å²) in [6.45, 7) is 3.35. The summed E-state index contributed by atoms with van der Waals surface area (Å²) in [4.78, 5) is 22.7. The van der Waals surface area contributed by atoms with Crippen LogP contribution in [0.3, 0.4) is 0 Å². The van der Waals surface area contributed by atoms with E-state index in [0.717, 1.165) is 41.1 Å². The number of allylic oxidation sites excluding steroid dienone is 2. The van der Waals surface area contributed by atoms with E-state index in [9.17, 15) is 14.9 Å². The number of hydrogen-bond acceptors (Lipinski definition) is 6. The smallest absolute Gasteiger partial charge is 0.269 e. The summed E-state index contributed by atoms with van der Waals surface area (Å²) in [5, 5.41) is 18.1. The van der Waals surface area contributed by atoms with Crippen molar-refractivity contribution in [3.8, 4) is 5.75 Å². The van der Waals surface area contributed by atoms with Gasteiger partial charge < -0.3 is 4.74 Å². The van der Waals surface area contributed by atoms with Crippen molar-refractivity contribution >= 4 is 17.2 Å². The lowest BCUT2D eigenvalue weighted by molar-refractivity contribution is -0.385. The van der Waals surface area contributed by atoms with Crippen LogP contribution >= 0.6 is 0 Å². The van der Waals surface area contributed by atoms with E-state index in [-0.39, 0.29) is 28.4 Å². The maximum atomic E-state index is 11.7. The Morgan fingerprint density at radius 1 is 1.27 bits per heavy atom. The second-order valence-electron chi connectivity index (χ2n) is 7.69. The molecule has 0 radical (unpaired) electrons. The number of carbonyl (C=O) groups is 1. The Labute approximate surface area is 174 Å². The molecular formula is C23H23N3O4. The summed E-state index contributed by atoms with van der Waals surface area (Å²) >= 11 is 0. The number of fused-ring (bicyclic) bond motifs is 3. The topological polar surface area (TPSA) is 85.0 Å². The number of methoxy groups -OCH3 is 1. The molecular weight excluding hydrogens is 382 g/mol. The zero-order valence-corrected chi connectivity index (χ0v) is 17.2. The van der Waals surface area contributed by atoms with E-state index in [1.54, 1.807) is 25.3 Å². The summed E-state index contributed by atoms with van der Waals surface area (Å²) in [6.07, 6.45) is 3.28. The van der Waals surface area contributed by atoms with Crippen molar-refractivity contribution in [3.63, 3.8) is 0 Å². The van der Waals surface area contributed by atoms with Gasteiger partial charge in [0.2, 0.25) is 0 Å². The Balaban J connectivity index is 1.83. The number of ether oxygens (including phenoxy) is 1. The van der Waals surface area contributed by atoms with Gasteiger partial charge in [-0.2, -0.15) is 5.10 Å². The van der Waals surface area contributed by atoms with Crippen molar-refractivity contribution in [2.45, 2.75) is 32.7 Å². The third-order valence-corrected chi connectivity index (χ3v) is 5.72. The quantitative estimate of drug-likeness (QED) is 0.418. The van der Waals surface area contributed by atoms with Crippen LogP contribution in [-0.2, 0) is 11.2 Å². The predicted molar refractivity (Wildman–Crippen MR) is 113 cm³/mol. The van der Waals surface area contributed by atoms with Crippen LogP contribution in [-0.4, -0.2) is 28.5 Å². The molecule has 2 atom stereocenters. The molecule has 1 aliphatic heterocycles. The molecule has 0 saturated carbocycles. The lowest BCUT2D eigenvalue weighted by Gasteiger charge is -2.31. The minimum atomic E-state index is -0.384. The first-order valence-corrected chi connectivity index (χ1v) is 9.87. The third kappa shape index (κ3) is 3.47. The summed E-state index contributed by atoms with van der Waals surface area (Å²) in [6, 6.07) is 12.5. The number of hydrogen-bond donors (Lipinski definition) is 0. The van der Waals surface area contributed by atoms with E-state index < -0.39 is 0 Å². The van der Waals surface area contributed by atoms with Crippen LogP contribution in [0.5, 0.6) is 5.75 Å². The predicted octanol–water partition coefficient (Wildman–Crippen LogP) is 4.42. The van der Waals surface area contributed by atoms with Crippen LogP contribution in [0, 0.1) is 16.0 Å². The van der Waals surface area contributed by atoms with Crippen molar-refractivity contribution in [1.82, 2.24) is 5.01 Å². The average molecular weight is 405 g/mol. The number of ketones is 1. The fourth-order valence-corrected chi connectivity index (χ4v) is 4.44. The van der Waals surface area contributed by atoms with E-state index >= 15 is 0 Å². The molecule has 2 aromatic carbocycles. The van der Waals surface area contributed by atoms with Crippen LogP contribution in [0.4, 0.5) is 5.69 Å². The molecule has 7 nitrogen and oxygen atoms in total. The highest BCUT2D eigenvalue weighted by atomic mass is 16.6. The lowest BCUT2D eigenvalue weighted by Crippen LogP contribution is -2.28. The first-order chi connectivity index (χ1) is 14.4. The van der Waals surface area contributed by atoms with Crippen LogP contribution in [0.2, 0.25) is 0 Å². The van der Waals surface area contributed by atoms with Crippen molar-refractivity contribution in [2.75, 3.05) is 7.11 Å². The van der Waals surface area contributed by atoms with Crippen LogP contribution in [0.1, 0.15) is 43.0 Å². The summed E-state index contributed by atoms with van der Waals surface area (Å²) in [7, 11) is 1.65. The number of nitro groups is 1. The van der Waals surface area contributed by atoms with Crippen molar-refractivity contribution in [3.05, 3.63) is 81.0 Å². The van der Waals surface area contributed by atoms with Gasteiger partial charge in [0.05, 0.1) is 23.8 Å². The lowest BCUT2D eigenvalue weighted by atomic mass is 9.77. The molecule has 1 aliphatic carbocycles. The molecule has 2 aliphatic rings. The second-order valence-corrected chi connectivity index (χ2v) is 7.69. The SMILES string of the molecule is COc1ccc2c(c1)CC[C@H]1C2=NN(C(C)=CC(C)=O)[C@@H]1c1cccc([N+](=O)[O-])c1. The summed E-state index contributed by atoms with van der Waals surface area (Å²) in [5.74, 6) is 0.819. The molecule has 154 valence electrons. The summed E-state index contributed by atoms with van der Waals surface area (Å²) < 4.78 is 5.36. The Bertz CT molecular complexity index is 1090. The average Bonchev–Trinajstić information content (AvgIpc) is 3.13. The fourth-order valence-electron chi connectivity index (χ4n) is 4.44. The molecule has 0 bridgehead atoms. The normalized spacial score (nSPS) is 20.3. The van der Waals surface area contributed by atoms with Crippen LogP contribution in [0.15, 0.2) is 59.3 Å². The molecule has 7 heteroatoms. The highest BCUT2D eigenvalue weighted by molar-refractivity contribution is 6.06. The van der Waals surface area contributed by atoms with E-state index in [4.69, 9.17) is 9.84 Å².